The van der Waals surface area contributed by atoms with Crippen molar-refractivity contribution >= 4 is 51.0 Å². The van der Waals surface area contributed by atoms with Crippen molar-refractivity contribution in [1.82, 2.24) is 9.80 Å². The molecule has 6 heteroatoms. The fourth-order valence-corrected chi connectivity index (χ4v) is 6.46. The third kappa shape index (κ3) is 3.73. The molecule has 0 spiro atoms. The minimum atomic E-state index is -0.421. The second kappa shape index (κ2) is 7.59. The highest BCUT2D eigenvalue weighted by molar-refractivity contribution is 14.1. The van der Waals surface area contributed by atoms with E-state index in [2.05, 4.69) is 61.0 Å². The Labute approximate surface area is 176 Å². The van der Waals surface area contributed by atoms with E-state index in [0.717, 1.165) is 57.7 Å². The number of rotatable bonds is 4. The first kappa shape index (κ1) is 18.4. The second-order valence-corrected chi connectivity index (χ2v) is 10.0. The quantitative estimate of drug-likeness (QED) is 0.522. The van der Waals surface area contributed by atoms with Gasteiger partial charge in [0.05, 0.1) is 14.5 Å². The van der Waals surface area contributed by atoms with Crippen LogP contribution in [-0.4, -0.2) is 61.5 Å². The number of ketones is 1. The Kier molecular flexibility index (Phi) is 5.60. The van der Waals surface area contributed by atoms with E-state index in [9.17, 15) is 4.79 Å². The minimum absolute atomic E-state index is 0.295. The minimum Gasteiger partial charge on any atom is -0.491 e. The normalized spacial score (nSPS) is 23.7. The molecule has 0 amide bonds. The van der Waals surface area contributed by atoms with Gasteiger partial charge in [0.1, 0.15) is 12.4 Å². The number of ether oxygens (including phenoxy) is 1. The molecule has 0 atom stereocenters. The third-order valence-electron chi connectivity index (χ3n) is 5.68. The molecular formula is C19H24I2N2O2. The number of likely N-dealkylation sites (tertiary alicyclic amines) is 2. The number of Topliss-reactive ketones (excluding diaryl/α,β-unsaturated/α-hetero) is 1. The lowest BCUT2D eigenvalue weighted by Gasteiger charge is -2.41. The molecule has 25 heavy (non-hydrogen) atoms. The van der Waals surface area contributed by atoms with Crippen molar-refractivity contribution in [3.63, 3.8) is 0 Å². The monoisotopic (exact) mass is 566 g/mol. The standard InChI is InChI=1S/C19H24I2N2O2/c20-14-9-15-17(16(21)10-14)25-13-19(18(15)24,11-22-5-1-2-6-22)12-23-7-3-4-8-23/h9-10H,1-8,11-13H2. The summed E-state index contributed by atoms with van der Waals surface area (Å²) in [4.78, 5) is 18.6. The van der Waals surface area contributed by atoms with Crippen molar-refractivity contribution in [3.05, 3.63) is 24.8 Å². The maximum atomic E-state index is 13.7. The number of benzene rings is 1. The Balaban J connectivity index is 1.68. The predicted octanol–water partition coefficient (Wildman–Crippen LogP) is 3.65. The molecular weight excluding hydrogens is 542 g/mol. The predicted molar refractivity (Wildman–Crippen MR) is 115 cm³/mol. The fraction of sp³-hybridized carbons (Fsp3) is 0.632. The van der Waals surface area contributed by atoms with E-state index in [4.69, 9.17) is 4.74 Å². The molecule has 0 bridgehead atoms. The topological polar surface area (TPSA) is 32.8 Å². The largest absolute Gasteiger partial charge is 0.491 e. The van der Waals surface area contributed by atoms with Crippen LogP contribution in [0.5, 0.6) is 5.75 Å². The lowest BCUT2D eigenvalue weighted by Crippen LogP contribution is -2.54. The summed E-state index contributed by atoms with van der Waals surface area (Å²) in [6.07, 6.45) is 5.00. The van der Waals surface area contributed by atoms with Gasteiger partial charge in [-0.2, -0.15) is 0 Å². The highest BCUT2D eigenvalue weighted by atomic mass is 127. The number of hydrogen-bond donors (Lipinski definition) is 0. The molecule has 3 aliphatic heterocycles. The van der Waals surface area contributed by atoms with Crippen LogP contribution >= 0.6 is 45.2 Å². The first-order valence-electron chi connectivity index (χ1n) is 9.19. The van der Waals surface area contributed by atoms with Gasteiger partial charge >= 0.3 is 0 Å². The smallest absolute Gasteiger partial charge is 0.178 e. The lowest BCUT2D eigenvalue weighted by molar-refractivity contribution is 0.0358. The molecule has 0 N–H and O–H groups in total. The first-order valence-corrected chi connectivity index (χ1v) is 11.3. The Morgan fingerprint density at radius 1 is 0.960 bits per heavy atom. The lowest BCUT2D eigenvalue weighted by atomic mass is 9.78. The van der Waals surface area contributed by atoms with E-state index in [1.165, 1.54) is 25.7 Å². The number of fused-ring (bicyclic) bond motifs is 1. The molecule has 3 aliphatic rings. The zero-order chi connectivity index (χ0) is 17.4. The number of carbonyl (C=O) groups excluding carboxylic acids is 1. The van der Waals surface area contributed by atoms with Crippen LogP contribution < -0.4 is 4.74 Å². The molecule has 4 nitrogen and oxygen atoms in total. The third-order valence-corrected chi connectivity index (χ3v) is 7.10. The van der Waals surface area contributed by atoms with Crippen LogP contribution in [0.25, 0.3) is 0 Å². The Morgan fingerprint density at radius 3 is 2.08 bits per heavy atom. The fourth-order valence-electron chi connectivity index (χ4n) is 4.46. The first-order chi connectivity index (χ1) is 12.1. The van der Waals surface area contributed by atoms with Gasteiger partial charge in [0, 0.05) is 16.7 Å². The van der Waals surface area contributed by atoms with Crippen molar-refractivity contribution in [2.45, 2.75) is 25.7 Å². The van der Waals surface area contributed by atoms with Crippen molar-refractivity contribution in [3.8, 4) is 5.75 Å². The molecule has 0 radical (unpaired) electrons. The average molecular weight is 566 g/mol. The number of nitrogens with zero attached hydrogens (tertiary/aromatic N) is 2. The molecule has 0 unspecified atom stereocenters. The second-order valence-electron chi connectivity index (χ2n) is 7.63. The zero-order valence-corrected chi connectivity index (χ0v) is 18.7. The van der Waals surface area contributed by atoms with Crippen molar-refractivity contribution in [2.24, 2.45) is 5.41 Å². The summed E-state index contributed by atoms with van der Waals surface area (Å²) >= 11 is 4.59. The maximum absolute atomic E-state index is 13.7. The van der Waals surface area contributed by atoms with Gasteiger partial charge in [0.25, 0.3) is 0 Å². The van der Waals surface area contributed by atoms with Crippen LogP contribution in [0.1, 0.15) is 36.0 Å². The number of carbonyl (C=O) groups is 1. The van der Waals surface area contributed by atoms with Crippen LogP contribution in [0.2, 0.25) is 0 Å². The van der Waals surface area contributed by atoms with Crippen LogP contribution in [0.15, 0.2) is 12.1 Å². The summed E-state index contributed by atoms with van der Waals surface area (Å²) in [6, 6.07) is 4.10. The Hall–Kier alpha value is 0.0700. The zero-order valence-electron chi connectivity index (χ0n) is 14.4. The van der Waals surface area contributed by atoms with Crippen molar-refractivity contribution in [2.75, 3.05) is 45.9 Å². The number of halogens is 2. The number of hydrogen-bond acceptors (Lipinski definition) is 4. The van der Waals surface area contributed by atoms with Crippen LogP contribution in [0.4, 0.5) is 0 Å². The molecule has 2 fully saturated rings. The summed E-state index contributed by atoms with van der Waals surface area (Å²) in [5, 5.41) is 0. The summed E-state index contributed by atoms with van der Waals surface area (Å²) in [5.74, 6) is 1.09. The molecule has 1 aromatic rings. The van der Waals surface area contributed by atoms with Gasteiger partial charge in [-0.05, 0) is 109 Å². The van der Waals surface area contributed by atoms with E-state index in [1.807, 2.05) is 6.07 Å². The summed E-state index contributed by atoms with van der Waals surface area (Å²) in [7, 11) is 0. The Bertz CT molecular complexity index is 650. The van der Waals surface area contributed by atoms with Crippen LogP contribution in [-0.2, 0) is 0 Å². The summed E-state index contributed by atoms with van der Waals surface area (Å²) in [5.41, 5.74) is 0.371. The molecule has 0 aromatic heterocycles. The van der Waals surface area contributed by atoms with Gasteiger partial charge in [0.15, 0.2) is 5.78 Å². The summed E-state index contributed by atoms with van der Waals surface area (Å²) < 4.78 is 8.38. The van der Waals surface area contributed by atoms with Gasteiger partial charge < -0.3 is 14.5 Å². The molecule has 3 heterocycles. The van der Waals surface area contributed by atoms with E-state index in [-0.39, 0.29) is 0 Å². The molecule has 4 rings (SSSR count). The van der Waals surface area contributed by atoms with Gasteiger partial charge in [-0.3, -0.25) is 4.79 Å². The SMILES string of the molecule is O=C1c2cc(I)cc(I)c2OCC1(CN1CCCC1)CN1CCCC1. The van der Waals surface area contributed by atoms with E-state index in [0.29, 0.717) is 12.4 Å². The highest BCUT2D eigenvalue weighted by Crippen LogP contribution is 2.40. The molecule has 136 valence electrons. The van der Waals surface area contributed by atoms with Gasteiger partial charge in [-0.25, -0.2) is 0 Å². The van der Waals surface area contributed by atoms with E-state index < -0.39 is 5.41 Å². The molecule has 0 saturated carbocycles. The van der Waals surface area contributed by atoms with Crippen molar-refractivity contribution in [1.29, 1.82) is 0 Å². The highest BCUT2D eigenvalue weighted by Gasteiger charge is 2.47. The molecule has 2 saturated heterocycles. The van der Waals surface area contributed by atoms with Crippen LogP contribution in [0.3, 0.4) is 0 Å². The van der Waals surface area contributed by atoms with E-state index in [1.54, 1.807) is 0 Å². The molecule has 0 aliphatic carbocycles. The van der Waals surface area contributed by atoms with E-state index >= 15 is 0 Å². The maximum Gasteiger partial charge on any atom is 0.178 e. The van der Waals surface area contributed by atoms with Gasteiger partial charge in [-0.1, -0.05) is 0 Å². The summed E-state index contributed by atoms with van der Waals surface area (Å²) in [6.45, 7) is 6.66. The van der Waals surface area contributed by atoms with Crippen molar-refractivity contribution < 1.29 is 9.53 Å². The average Bonchev–Trinajstić information content (AvgIpc) is 3.25. The van der Waals surface area contributed by atoms with Gasteiger partial charge in [-0.15, -0.1) is 0 Å². The van der Waals surface area contributed by atoms with Gasteiger partial charge in [0.2, 0.25) is 0 Å². The Morgan fingerprint density at radius 2 is 1.52 bits per heavy atom. The molecule has 1 aromatic carbocycles. The van der Waals surface area contributed by atoms with Crippen LogP contribution in [0, 0.1) is 12.6 Å².